The molecule has 1 saturated carbocycles. The summed E-state index contributed by atoms with van der Waals surface area (Å²) in [7, 11) is 0. The lowest BCUT2D eigenvalue weighted by Gasteiger charge is -2.32. The van der Waals surface area contributed by atoms with Crippen molar-refractivity contribution >= 4 is 5.84 Å². The first-order valence-electron chi connectivity index (χ1n) is 5.06. The quantitative estimate of drug-likeness (QED) is 0.354. The van der Waals surface area contributed by atoms with Crippen molar-refractivity contribution in [3.8, 4) is 6.19 Å². The molecule has 2 rings (SSSR count). The molecule has 1 aliphatic heterocycles. The summed E-state index contributed by atoms with van der Waals surface area (Å²) in [5.41, 5.74) is 0.174. The van der Waals surface area contributed by atoms with Crippen LogP contribution in [0.1, 0.15) is 19.8 Å². The highest BCUT2D eigenvalue weighted by molar-refractivity contribution is 5.91. The number of hydrogen-bond donors (Lipinski definition) is 0. The predicted molar refractivity (Wildman–Crippen MR) is 52.8 cm³/mol. The molecule has 4 nitrogen and oxygen atoms in total. The van der Waals surface area contributed by atoms with Gasteiger partial charge in [0.2, 0.25) is 6.19 Å². The molecule has 0 radical (unpaired) electrons. The molecule has 0 spiro atoms. The summed E-state index contributed by atoms with van der Waals surface area (Å²) >= 11 is 0. The molecule has 0 aromatic heterocycles. The summed E-state index contributed by atoms with van der Waals surface area (Å²) in [6, 6.07) is 0. The number of morpholine rings is 1. The molecule has 76 valence electrons. The fourth-order valence-corrected chi connectivity index (χ4v) is 1.82. The van der Waals surface area contributed by atoms with E-state index in [4.69, 9.17) is 10.00 Å². The van der Waals surface area contributed by atoms with Gasteiger partial charge in [0.05, 0.1) is 13.2 Å². The first-order chi connectivity index (χ1) is 6.76. The third kappa shape index (κ3) is 1.73. The van der Waals surface area contributed by atoms with Crippen LogP contribution in [0.25, 0.3) is 0 Å². The summed E-state index contributed by atoms with van der Waals surface area (Å²) in [5.74, 6) is 0.975. The number of amidine groups is 1. The van der Waals surface area contributed by atoms with Gasteiger partial charge >= 0.3 is 0 Å². The lowest BCUT2D eigenvalue weighted by atomic mass is 10.1. The van der Waals surface area contributed by atoms with E-state index in [0.717, 1.165) is 45.0 Å². The number of ether oxygens (including phenoxy) is 1. The lowest BCUT2D eigenvalue weighted by Crippen LogP contribution is -2.43. The Morgan fingerprint density at radius 3 is 2.57 bits per heavy atom. The van der Waals surface area contributed by atoms with Gasteiger partial charge in [-0.15, -0.1) is 0 Å². The molecule has 2 aliphatic rings. The third-order valence-corrected chi connectivity index (χ3v) is 3.01. The van der Waals surface area contributed by atoms with E-state index in [-0.39, 0.29) is 5.41 Å². The minimum atomic E-state index is 0.174. The average molecular weight is 193 g/mol. The SMILES string of the molecule is CC1(C(=NC#N)N2CCOCC2)CC1. The maximum absolute atomic E-state index is 8.66. The van der Waals surface area contributed by atoms with Gasteiger partial charge in [-0.1, -0.05) is 6.92 Å². The zero-order chi connectivity index (χ0) is 10.0. The van der Waals surface area contributed by atoms with Crippen molar-refractivity contribution in [2.24, 2.45) is 10.4 Å². The van der Waals surface area contributed by atoms with E-state index in [1.54, 1.807) is 0 Å². The first kappa shape index (κ1) is 9.47. The van der Waals surface area contributed by atoms with Crippen LogP contribution in [-0.2, 0) is 4.74 Å². The molecule has 1 saturated heterocycles. The van der Waals surface area contributed by atoms with E-state index in [1.165, 1.54) is 0 Å². The Kier molecular flexibility index (Phi) is 2.42. The van der Waals surface area contributed by atoms with Gasteiger partial charge in [-0.3, -0.25) is 0 Å². The topological polar surface area (TPSA) is 48.6 Å². The van der Waals surface area contributed by atoms with Gasteiger partial charge in [0.1, 0.15) is 5.84 Å². The fraction of sp³-hybridized carbons (Fsp3) is 0.800. The molecule has 1 heterocycles. The average Bonchev–Trinajstić information content (AvgIpc) is 2.95. The van der Waals surface area contributed by atoms with Crippen LogP contribution in [0, 0.1) is 16.9 Å². The second kappa shape index (κ2) is 3.58. The van der Waals surface area contributed by atoms with Crippen molar-refractivity contribution in [3.05, 3.63) is 0 Å². The van der Waals surface area contributed by atoms with Crippen molar-refractivity contribution in [1.29, 1.82) is 5.26 Å². The standard InChI is InChI=1S/C10H15N3O/c1-10(2-3-10)9(12-8-11)13-4-6-14-7-5-13/h2-7H2,1H3. The number of rotatable bonds is 1. The van der Waals surface area contributed by atoms with Crippen molar-refractivity contribution in [2.75, 3.05) is 26.3 Å². The van der Waals surface area contributed by atoms with Crippen molar-refractivity contribution in [1.82, 2.24) is 4.90 Å². The van der Waals surface area contributed by atoms with Crippen molar-refractivity contribution in [2.45, 2.75) is 19.8 Å². The highest BCUT2D eigenvalue weighted by atomic mass is 16.5. The Morgan fingerprint density at radius 2 is 2.07 bits per heavy atom. The normalized spacial score (nSPS) is 25.7. The zero-order valence-electron chi connectivity index (χ0n) is 8.49. The van der Waals surface area contributed by atoms with Crippen LogP contribution < -0.4 is 0 Å². The minimum absolute atomic E-state index is 0.174. The summed E-state index contributed by atoms with van der Waals surface area (Å²) < 4.78 is 5.28. The van der Waals surface area contributed by atoms with E-state index < -0.39 is 0 Å². The third-order valence-electron chi connectivity index (χ3n) is 3.01. The van der Waals surface area contributed by atoms with Gasteiger partial charge in [-0.2, -0.15) is 10.3 Å². The molecule has 4 heteroatoms. The van der Waals surface area contributed by atoms with E-state index in [1.807, 2.05) is 6.19 Å². The molecule has 14 heavy (non-hydrogen) atoms. The smallest absolute Gasteiger partial charge is 0.207 e. The van der Waals surface area contributed by atoms with Crippen LogP contribution in [-0.4, -0.2) is 37.0 Å². The van der Waals surface area contributed by atoms with Crippen LogP contribution in [0.15, 0.2) is 4.99 Å². The van der Waals surface area contributed by atoms with E-state index >= 15 is 0 Å². The van der Waals surface area contributed by atoms with Crippen LogP contribution in [0.2, 0.25) is 0 Å². The monoisotopic (exact) mass is 193 g/mol. The molecule has 0 atom stereocenters. The second-order valence-corrected chi connectivity index (χ2v) is 4.20. The largest absolute Gasteiger partial charge is 0.378 e. The number of nitrogens with zero attached hydrogens (tertiary/aromatic N) is 3. The summed E-state index contributed by atoms with van der Waals surface area (Å²) in [6.45, 7) is 5.42. The van der Waals surface area contributed by atoms with E-state index in [2.05, 4.69) is 16.8 Å². The van der Waals surface area contributed by atoms with Crippen LogP contribution in [0.3, 0.4) is 0 Å². The first-order valence-corrected chi connectivity index (χ1v) is 5.06. The maximum Gasteiger partial charge on any atom is 0.207 e. The van der Waals surface area contributed by atoms with Gasteiger partial charge in [0.15, 0.2) is 0 Å². The van der Waals surface area contributed by atoms with Gasteiger partial charge in [0.25, 0.3) is 0 Å². The Morgan fingerprint density at radius 1 is 1.43 bits per heavy atom. The fourth-order valence-electron chi connectivity index (χ4n) is 1.82. The van der Waals surface area contributed by atoms with Gasteiger partial charge in [-0.25, -0.2) is 0 Å². The molecule has 2 fully saturated rings. The molecule has 0 bridgehead atoms. The summed E-state index contributed by atoms with van der Waals surface area (Å²) in [5, 5.41) is 8.66. The van der Waals surface area contributed by atoms with Crippen LogP contribution in [0.5, 0.6) is 0 Å². The molecule has 1 aliphatic carbocycles. The Balaban J connectivity index is 2.11. The van der Waals surface area contributed by atoms with Gasteiger partial charge in [0, 0.05) is 18.5 Å². The number of hydrogen-bond acceptors (Lipinski definition) is 3. The van der Waals surface area contributed by atoms with Crippen LogP contribution >= 0.6 is 0 Å². The molecule has 0 unspecified atom stereocenters. The number of nitriles is 1. The maximum atomic E-state index is 8.66. The molecular formula is C10H15N3O. The number of aliphatic imine (C=N–C) groups is 1. The van der Waals surface area contributed by atoms with E-state index in [0.29, 0.717) is 0 Å². The van der Waals surface area contributed by atoms with Crippen LogP contribution in [0.4, 0.5) is 0 Å². The molecular weight excluding hydrogens is 178 g/mol. The minimum Gasteiger partial charge on any atom is -0.378 e. The molecule has 0 amide bonds. The van der Waals surface area contributed by atoms with E-state index in [9.17, 15) is 0 Å². The molecule has 0 aromatic rings. The Hall–Kier alpha value is -1.08. The van der Waals surface area contributed by atoms with Gasteiger partial charge in [-0.05, 0) is 12.8 Å². The van der Waals surface area contributed by atoms with Crippen molar-refractivity contribution in [3.63, 3.8) is 0 Å². The lowest BCUT2D eigenvalue weighted by molar-refractivity contribution is 0.0657. The predicted octanol–water partition coefficient (Wildman–Crippen LogP) is 0.998. The highest BCUT2D eigenvalue weighted by Crippen LogP contribution is 2.47. The Bertz CT molecular complexity index is 282. The molecule has 0 aromatic carbocycles. The molecule has 0 N–H and O–H groups in total. The second-order valence-electron chi connectivity index (χ2n) is 4.20. The highest BCUT2D eigenvalue weighted by Gasteiger charge is 2.45. The van der Waals surface area contributed by atoms with Crippen molar-refractivity contribution < 1.29 is 4.74 Å². The Labute approximate surface area is 84.2 Å². The summed E-state index contributed by atoms with van der Waals surface area (Å²) in [6.07, 6.45) is 4.23. The summed E-state index contributed by atoms with van der Waals surface area (Å²) in [4.78, 5) is 6.17. The van der Waals surface area contributed by atoms with Gasteiger partial charge < -0.3 is 9.64 Å². The zero-order valence-corrected chi connectivity index (χ0v) is 8.49.